The van der Waals surface area contributed by atoms with E-state index in [4.69, 9.17) is 16.3 Å². The van der Waals surface area contributed by atoms with Crippen LogP contribution in [0.2, 0.25) is 5.02 Å². The molecule has 0 aliphatic carbocycles. The fourth-order valence-corrected chi connectivity index (χ4v) is 2.31. The predicted octanol–water partition coefficient (Wildman–Crippen LogP) is 3.28. The van der Waals surface area contributed by atoms with Gasteiger partial charge in [-0.1, -0.05) is 17.7 Å². The summed E-state index contributed by atoms with van der Waals surface area (Å²) in [5.41, 5.74) is 2.50. The number of anilines is 1. The van der Waals surface area contributed by atoms with Crippen LogP contribution >= 0.6 is 11.6 Å². The number of aromatic nitrogens is 3. The van der Waals surface area contributed by atoms with Gasteiger partial charge in [-0.05, 0) is 30.3 Å². The van der Waals surface area contributed by atoms with Gasteiger partial charge in [0.15, 0.2) is 0 Å². The maximum atomic E-state index is 11.8. The highest BCUT2D eigenvalue weighted by molar-refractivity contribution is 6.30. The van der Waals surface area contributed by atoms with Gasteiger partial charge in [-0.3, -0.25) is 9.78 Å². The van der Waals surface area contributed by atoms with E-state index in [0.29, 0.717) is 16.5 Å². The van der Waals surface area contributed by atoms with E-state index in [9.17, 15) is 4.79 Å². The van der Waals surface area contributed by atoms with Crippen LogP contribution in [-0.2, 0) is 16.1 Å². The zero-order valence-corrected chi connectivity index (χ0v) is 13.5. The number of amides is 1. The lowest BCUT2D eigenvalue weighted by Gasteiger charge is -2.05. The van der Waals surface area contributed by atoms with Crippen LogP contribution in [0.3, 0.4) is 0 Å². The molecule has 3 aromatic rings. The van der Waals surface area contributed by atoms with Crippen LogP contribution < -0.4 is 5.32 Å². The maximum Gasteiger partial charge on any atom is 0.250 e. The van der Waals surface area contributed by atoms with Gasteiger partial charge in [0.2, 0.25) is 5.91 Å². The molecule has 0 fully saturated rings. The Morgan fingerprint density at radius 1 is 1.25 bits per heavy atom. The average Bonchev–Trinajstić information content (AvgIpc) is 3.04. The van der Waals surface area contributed by atoms with Crippen molar-refractivity contribution in [2.45, 2.75) is 6.61 Å². The summed E-state index contributed by atoms with van der Waals surface area (Å²) in [4.78, 5) is 23.2. The van der Waals surface area contributed by atoms with Crippen molar-refractivity contribution < 1.29 is 9.53 Å². The summed E-state index contributed by atoms with van der Waals surface area (Å²) in [6.45, 7) is 0.145. The van der Waals surface area contributed by atoms with Crippen LogP contribution in [0.1, 0.15) is 5.82 Å². The lowest BCUT2D eigenvalue weighted by Crippen LogP contribution is -2.18. The monoisotopic (exact) mass is 342 g/mol. The number of rotatable bonds is 6. The Morgan fingerprint density at radius 2 is 2.08 bits per heavy atom. The normalized spacial score (nSPS) is 10.5. The first-order valence-electron chi connectivity index (χ1n) is 7.28. The number of H-pyrrole nitrogens is 1. The van der Waals surface area contributed by atoms with Crippen LogP contribution in [0.5, 0.6) is 0 Å². The summed E-state index contributed by atoms with van der Waals surface area (Å²) in [6, 6.07) is 10.7. The SMILES string of the molecule is O=C(COCc1ncc(-c2ccncc2)[nH]1)Nc1cccc(Cl)c1. The predicted molar refractivity (Wildman–Crippen MR) is 91.6 cm³/mol. The number of carbonyl (C=O) groups excluding carboxylic acids is 1. The highest BCUT2D eigenvalue weighted by atomic mass is 35.5. The van der Waals surface area contributed by atoms with Crippen molar-refractivity contribution in [2.24, 2.45) is 0 Å². The fraction of sp³-hybridized carbons (Fsp3) is 0.118. The second kappa shape index (κ2) is 7.72. The molecule has 3 rings (SSSR count). The van der Waals surface area contributed by atoms with Crippen LogP contribution in [-0.4, -0.2) is 27.5 Å². The largest absolute Gasteiger partial charge is 0.364 e. The summed E-state index contributed by atoms with van der Waals surface area (Å²) in [6.07, 6.45) is 5.15. The Labute approximate surface area is 143 Å². The number of hydrogen-bond donors (Lipinski definition) is 2. The van der Waals surface area contributed by atoms with E-state index in [1.807, 2.05) is 12.1 Å². The first-order chi connectivity index (χ1) is 11.7. The molecule has 1 aromatic carbocycles. The standard InChI is InChI=1S/C17H15ClN4O2/c18-13-2-1-3-14(8-13)21-17(23)11-24-10-16-20-9-15(22-16)12-4-6-19-7-5-12/h1-9H,10-11H2,(H,20,22)(H,21,23). The molecule has 0 spiro atoms. The van der Waals surface area contributed by atoms with E-state index in [0.717, 1.165) is 11.3 Å². The molecule has 7 heteroatoms. The summed E-state index contributed by atoms with van der Waals surface area (Å²) in [7, 11) is 0. The first kappa shape index (κ1) is 16.2. The number of hydrogen-bond acceptors (Lipinski definition) is 4. The molecular formula is C17H15ClN4O2. The fourth-order valence-electron chi connectivity index (χ4n) is 2.12. The Kier molecular flexibility index (Phi) is 5.20. The molecule has 6 nitrogen and oxygen atoms in total. The van der Waals surface area contributed by atoms with Crippen molar-refractivity contribution in [1.29, 1.82) is 0 Å². The summed E-state index contributed by atoms with van der Waals surface area (Å²) < 4.78 is 5.38. The van der Waals surface area contributed by atoms with E-state index >= 15 is 0 Å². The Morgan fingerprint density at radius 3 is 2.88 bits per heavy atom. The first-order valence-corrected chi connectivity index (χ1v) is 7.66. The number of nitrogens with zero attached hydrogens (tertiary/aromatic N) is 2. The highest BCUT2D eigenvalue weighted by Crippen LogP contribution is 2.16. The number of halogens is 1. The van der Waals surface area contributed by atoms with E-state index in [1.165, 1.54) is 0 Å². The number of carbonyl (C=O) groups is 1. The minimum atomic E-state index is -0.252. The number of benzene rings is 1. The molecule has 122 valence electrons. The second-order valence-electron chi connectivity index (χ2n) is 5.03. The van der Waals surface area contributed by atoms with Gasteiger partial charge in [-0.15, -0.1) is 0 Å². The van der Waals surface area contributed by atoms with Crippen molar-refractivity contribution in [3.63, 3.8) is 0 Å². The number of pyridine rings is 1. The quantitative estimate of drug-likeness (QED) is 0.720. The van der Waals surface area contributed by atoms with Gasteiger partial charge in [0, 0.05) is 28.7 Å². The molecule has 2 heterocycles. The van der Waals surface area contributed by atoms with Crippen LogP contribution in [0, 0.1) is 0 Å². The average molecular weight is 343 g/mol. The molecule has 0 saturated carbocycles. The topological polar surface area (TPSA) is 79.9 Å². The van der Waals surface area contributed by atoms with Crippen LogP contribution in [0.25, 0.3) is 11.3 Å². The molecule has 0 aliphatic heterocycles. The number of aromatic amines is 1. The zero-order valence-electron chi connectivity index (χ0n) is 12.7. The highest BCUT2D eigenvalue weighted by Gasteiger charge is 2.06. The van der Waals surface area contributed by atoms with Crippen molar-refractivity contribution in [1.82, 2.24) is 15.0 Å². The van der Waals surface area contributed by atoms with Crippen molar-refractivity contribution >= 4 is 23.2 Å². The smallest absolute Gasteiger partial charge is 0.250 e. The minimum absolute atomic E-state index is 0.0716. The molecule has 0 radical (unpaired) electrons. The van der Waals surface area contributed by atoms with Crippen molar-refractivity contribution in [3.05, 3.63) is 65.8 Å². The lowest BCUT2D eigenvalue weighted by atomic mass is 10.2. The van der Waals surface area contributed by atoms with Gasteiger partial charge in [0.1, 0.15) is 19.0 Å². The summed E-state index contributed by atoms with van der Waals surface area (Å²) in [5.74, 6) is 0.399. The maximum absolute atomic E-state index is 11.8. The van der Waals surface area contributed by atoms with Gasteiger partial charge in [0.25, 0.3) is 0 Å². The molecule has 0 atom stereocenters. The number of imidazole rings is 1. The molecule has 2 aromatic heterocycles. The van der Waals surface area contributed by atoms with E-state index in [1.54, 1.807) is 42.9 Å². The number of nitrogens with one attached hydrogen (secondary N) is 2. The Balaban J connectivity index is 1.48. The molecule has 0 saturated heterocycles. The van der Waals surface area contributed by atoms with Gasteiger partial charge >= 0.3 is 0 Å². The van der Waals surface area contributed by atoms with Crippen LogP contribution in [0.4, 0.5) is 5.69 Å². The van der Waals surface area contributed by atoms with Gasteiger partial charge < -0.3 is 15.0 Å². The Bertz CT molecular complexity index is 820. The van der Waals surface area contributed by atoms with Crippen molar-refractivity contribution in [2.75, 3.05) is 11.9 Å². The Hall–Kier alpha value is -2.70. The van der Waals surface area contributed by atoms with E-state index in [2.05, 4.69) is 20.3 Å². The minimum Gasteiger partial charge on any atom is -0.364 e. The molecule has 0 unspecified atom stereocenters. The zero-order chi connectivity index (χ0) is 16.8. The third-order valence-corrected chi connectivity index (χ3v) is 3.44. The molecule has 1 amide bonds. The third kappa shape index (κ3) is 4.41. The van der Waals surface area contributed by atoms with Gasteiger partial charge in [0.05, 0.1) is 11.9 Å². The van der Waals surface area contributed by atoms with Crippen molar-refractivity contribution in [3.8, 4) is 11.3 Å². The number of ether oxygens (including phenoxy) is 1. The van der Waals surface area contributed by atoms with E-state index < -0.39 is 0 Å². The second-order valence-corrected chi connectivity index (χ2v) is 5.47. The van der Waals surface area contributed by atoms with Crippen LogP contribution in [0.15, 0.2) is 55.0 Å². The van der Waals surface area contributed by atoms with E-state index in [-0.39, 0.29) is 19.1 Å². The summed E-state index contributed by atoms with van der Waals surface area (Å²) >= 11 is 5.87. The molecular weight excluding hydrogens is 328 g/mol. The third-order valence-electron chi connectivity index (χ3n) is 3.20. The molecule has 0 bridgehead atoms. The molecule has 24 heavy (non-hydrogen) atoms. The molecule has 0 aliphatic rings. The molecule has 2 N–H and O–H groups in total. The lowest BCUT2D eigenvalue weighted by molar-refractivity contribution is -0.121. The van der Waals surface area contributed by atoms with Gasteiger partial charge in [-0.2, -0.15) is 0 Å². The summed E-state index contributed by atoms with van der Waals surface area (Å²) in [5, 5.41) is 3.28. The van der Waals surface area contributed by atoms with Gasteiger partial charge in [-0.25, -0.2) is 4.98 Å².